The van der Waals surface area contributed by atoms with Gasteiger partial charge in [-0.25, -0.2) is 0 Å². The largest absolute Gasteiger partial charge is 0.369 e. The summed E-state index contributed by atoms with van der Waals surface area (Å²) < 4.78 is 7.33. The van der Waals surface area contributed by atoms with Crippen LogP contribution in [-0.4, -0.2) is 10.5 Å². The summed E-state index contributed by atoms with van der Waals surface area (Å²) in [7, 11) is 0. The SMILES string of the molecule is CC1CC(C)CC(OC(CI)c2cccc(Cl)c2)C1. The van der Waals surface area contributed by atoms with Gasteiger partial charge < -0.3 is 4.74 Å². The molecule has 1 aromatic rings. The molecule has 0 amide bonds. The molecule has 3 atom stereocenters. The van der Waals surface area contributed by atoms with E-state index >= 15 is 0 Å². The van der Waals surface area contributed by atoms with Crippen LogP contribution in [0.2, 0.25) is 5.02 Å². The van der Waals surface area contributed by atoms with E-state index in [0.717, 1.165) is 21.3 Å². The van der Waals surface area contributed by atoms with Crippen molar-refractivity contribution in [3.63, 3.8) is 0 Å². The van der Waals surface area contributed by atoms with Gasteiger partial charge >= 0.3 is 0 Å². The first-order chi connectivity index (χ1) is 9.08. The molecule has 3 unspecified atom stereocenters. The first-order valence-corrected chi connectivity index (χ1v) is 8.95. The molecule has 0 heterocycles. The first kappa shape index (κ1) is 15.6. The van der Waals surface area contributed by atoms with Crippen molar-refractivity contribution in [1.82, 2.24) is 0 Å². The molecule has 1 fully saturated rings. The number of alkyl halides is 1. The summed E-state index contributed by atoms with van der Waals surface area (Å²) in [4.78, 5) is 0. The van der Waals surface area contributed by atoms with E-state index in [1.807, 2.05) is 18.2 Å². The summed E-state index contributed by atoms with van der Waals surface area (Å²) in [6, 6.07) is 8.07. The maximum atomic E-state index is 6.36. The topological polar surface area (TPSA) is 9.23 Å². The lowest BCUT2D eigenvalue weighted by molar-refractivity contribution is -0.0394. The highest BCUT2D eigenvalue weighted by atomic mass is 127. The lowest BCUT2D eigenvalue weighted by Gasteiger charge is -2.33. The fourth-order valence-corrected chi connectivity index (χ4v) is 4.04. The predicted octanol–water partition coefficient (Wildman–Crippen LogP) is 5.66. The third kappa shape index (κ3) is 4.61. The maximum Gasteiger partial charge on any atom is 0.0918 e. The maximum absolute atomic E-state index is 6.36. The van der Waals surface area contributed by atoms with Gasteiger partial charge in [-0.15, -0.1) is 0 Å². The van der Waals surface area contributed by atoms with Crippen molar-refractivity contribution in [3.8, 4) is 0 Å². The van der Waals surface area contributed by atoms with Gasteiger partial charge in [0.05, 0.1) is 12.2 Å². The van der Waals surface area contributed by atoms with Crippen molar-refractivity contribution < 1.29 is 4.74 Å². The van der Waals surface area contributed by atoms with E-state index in [2.05, 4.69) is 42.5 Å². The number of rotatable bonds is 4. The Kier molecular flexibility index (Phi) is 5.97. The molecular formula is C16H22ClIO. The Bertz CT molecular complexity index is 399. The van der Waals surface area contributed by atoms with E-state index in [4.69, 9.17) is 16.3 Å². The van der Waals surface area contributed by atoms with Crippen molar-refractivity contribution in [3.05, 3.63) is 34.9 Å². The molecule has 0 saturated heterocycles. The third-order valence-electron chi connectivity index (χ3n) is 3.85. The fourth-order valence-electron chi connectivity index (χ4n) is 3.13. The zero-order chi connectivity index (χ0) is 13.8. The van der Waals surface area contributed by atoms with E-state index in [1.165, 1.54) is 24.8 Å². The van der Waals surface area contributed by atoms with Crippen LogP contribution < -0.4 is 0 Å². The molecule has 0 aromatic heterocycles. The van der Waals surface area contributed by atoms with Crippen LogP contribution in [0.3, 0.4) is 0 Å². The third-order valence-corrected chi connectivity index (χ3v) is 4.89. The Balaban J connectivity index is 2.02. The predicted molar refractivity (Wildman–Crippen MR) is 90.1 cm³/mol. The average molecular weight is 393 g/mol. The van der Waals surface area contributed by atoms with Crippen LogP contribution in [-0.2, 0) is 4.74 Å². The standard InChI is InChI=1S/C16H22ClIO/c1-11-6-12(2)8-15(7-11)19-16(10-18)13-4-3-5-14(17)9-13/h3-5,9,11-12,15-16H,6-8,10H2,1-2H3. The second-order valence-corrected chi connectivity index (χ2v) is 7.19. The van der Waals surface area contributed by atoms with Gasteiger partial charge in [0, 0.05) is 9.45 Å². The molecule has 3 heteroatoms. The molecule has 0 spiro atoms. The van der Waals surface area contributed by atoms with Gasteiger partial charge in [-0.1, -0.05) is 60.2 Å². The molecule has 0 radical (unpaired) electrons. The minimum absolute atomic E-state index is 0.168. The van der Waals surface area contributed by atoms with E-state index in [9.17, 15) is 0 Å². The van der Waals surface area contributed by atoms with Crippen molar-refractivity contribution in [2.75, 3.05) is 4.43 Å². The minimum Gasteiger partial charge on any atom is -0.369 e. The molecule has 0 N–H and O–H groups in total. The van der Waals surface area contributed by atoms with Crippen LogP contribution in [0.4, 0.5) is 0 Å². The molecular weight excluding hydrogens is 371 g/mol. The summed E-state index contributed by atoms with van der Waals surface area (Å²) in [6.45, 7) is 4.68. The number of benzene rings is 1. The lowest BCUT2D eigenvalue weighted by Crippen LogP contribution is -2.28. The average Bonchev–Trinajstić information content (AvgIpc) is 2.34. The van der Waals surface area contributed by atoms with Gasteiger partial charge in [-0.05, 0) is 48.8 Å². The molecule has 0 bridgehead atoms. The minimum atomic E-state index is 0.168. The molecule has 1 nitrogen and oxygen atoms in total. The highest BCUT2D eigenvalue weighted by Crippen LogP contribution is 2.34. The highest BCUT2D eigenvalue weighted by Gasteiger charge is 2.27. The second kappa shape index (κ2) is 7.28. The van der Waals surface area contributed by atoms with Gasteiger partial charge in [-0.3, -0.25) is 0 Å². The summed E-state index contributed by atoms with van der Waals surface area (Å²) in [5.74, 6) is 1.56. The summed E-state index contributed by atoms with van der Waals surface area (Å²) in [6.07, 6.45) is 4.29. The Hall–Kier alpha value is 0.200. The Morgan fingerprint density at radius 1 is 1.26 bits per heavy atom. The molecule has 19 heavy (non-hydrogen) atoms. The molecule has 0 aliphatic heterocycles. The lowest BCUT2D eigenvalue weighted by atomic mass is 9.81. The van der Waals surface area contributed by atoms with Crippen LogP contribution in [0.5, 0.6) is 0 Å². The molecule has 1 aromatic carbocycles. The van der Waals surface area contributed by atoms with Crippen molar-refractivity contribution >= 4 is 34.2 Å². The number of hydrogen-bond acceptors (Lipinski definition) is 1. The van der Waals surface area contributed by atoms with Crippen LogP contribution in [0.1, 0.15) is 44.8 Å². The summed E-state index contributed by atoms with van der Waals surface area (Å²) in [5.41, 5.74) is 1.20. The van der Waals surface area contributed by atoms with E-state index in [1.54, 1.807) is 0 Å². The zero-order valence-electron chi connectivity index (χ0n) is 11.6. The molecule has 106 valence electrons. The van der Waals surface area contributed by atoms with Crippen LogP contribution >= 0.6 is 34.2 Å². The Morgan fingerprint density at radius 2 is 1.95 bits per heavy atom. The number of hydrogen-bond donors (Lipinski definition) is 0. The van der Waals surface area contributed by atoms with Gasteiger partial charge in [0.2, 0.25) is 0 Å². The fraction of sp³-hybridized carbons (Fsp3) is 0.625. The second-order valence-electron chi connectivity index (χ2n) is 5.87. The molecule has 2 rings (SSSR count). The number of halogens is 2. The van der Waals surface area contributed by atoms with Crippen LogP contribution in [0.25, 0.3) is 0 Å². The van der Waals surface area contributed by atoms with Gasteiger partial charge in [-0.2, -0.15) is 0 Å². The molecule has 1 aliphatic rings. The van der Waals surface area contributed by atoms with E-state index in [0.29, 0.717) is 6.10 Å². The van der Waals surface area contributed by atoms with Crippen LogP contribution in [0, 0.1) is 11.8 Å². The van der Waals surface area contributed by atoms with Crippen molar-refractivity contribution in [2.45, 2.75) is 45.3 Å². The van der Waals surface area contributed by atoms with E-state index in [-0.39, 0.29) is 6.10 Å². The Morgan fingerprint density at radius 3 is 2.53 bits per heavy atom. The van der Waals surface area contributed by atoms with Crippen molar-refractivity contribution in [2.24, 2.45) is 11.8 Å². The Labute approximate surface area is 135 Å². The normalized spacial score (nSPS) is 29.2. The molecule has 1 saturated carbocycles. The zero-order valence-corrected chi connectivity index (χ0v) is 14.5. The number of ether oxygens (including phenoxy) is 1. The monoisotopic (exact) mass is 392 g/mol. The molecule has 1 aliphatic carbocycles. The highest BCUT2D eigenvalue weighted by molar-refractivity contribution is 14.1. The van der Waals surface area contributed by atoms with Gasteiger partial charge in [0.15, 0.2) is 0 Å². The van der Waals surface area contributed by atoms with Crippen LogP contribution in [0.15, 0.2) is 24.3 Å². The smallest absolute Gasteiger partial charge is 0.0918 e. The first-order valence-electron chi connectivity index (χ1n) is 7.05. The summed E-state index contributed by atoms with van der Waals surface area (Å²) in [5, 5.41) is 0.793. The van der Waals surface area contributed by atoms with E-state index < -0.39 is 0 Å². The van der Waals surface area contributed by atoms with Gasteiger partial charge in [0.25, 0.3) is 0 Å². The summed E-state index contributed by atoms with van der Waals surface area (Å²) >= 11 is 8.48. The van der Waals surface area contributed by atoms with Gasteiger partial charge in [0.1, 0.15) is 0 Å². The van der Waals surface area contributed by atoms with Crippen molar-refractivity contribution in [1.29, 1.82) is 0 Å². The quantitative estimate of drug-likeness (QED) is 0.475.